The van der Waals surface area contributed by atoms with Gasteiger partial charge in [0.25, 0.3) is 0 Å². The van der Waals surface area contributed by atoms with Gasteiger partial charge in [-0.25, -0.2) is 9.18 Å². The van der Waals surface area contributed by atoms with Crippen LogP contribution in [-0.4, -0.2) is 49.6 Å². The van der Waals surface area contributed by atoms with Crippen molar-refractivity contribution >= 4 is 52.2 Å². The second kappa shape index (κ2) is 12.1. The average Bonchev–Trinajstić information content (AvgIpc) is 2.88. The highest BCUT2D eigenvalue weighted by molar-refractivity contribution is 6.39. The summed E-state index contributed by atoms with van der Waals surface area (Å²) in [6, 6.07) is 18.6. The molecule has 1 fully saturated rings. The van der Waals surface area contributed by atoms with Crippen LogP contribution in [0.1, 0.15) is 5.56 Å². The van der Waals surface area contributed by atoms with Crippen molar-refractivity contribution in [3.8, 4) is 0 Å². The second-order valence-electron chi connectivity index (χ2n) is 8.33. The standard InChI is InChI=1S/C26H26Cl2FN5O2/c27-22-2-1-3-23(28)25(22)32-26(36)34-14-12-33(13-15-34)21-10-8-20(9-11-21)31-24(35)17-30-16-18-4-6-19(29)7-5-18/h1-11,30H,12-17H2,(H,31,35)(H,32,36). The molecule has 0 atom stereocenters. The van der Waals surface area contributed by atoms with Crippen LogP contribution in [0.4, 0.5) is 26.2 Å². The van der Waals surface area contributed by atoms with E-state index in [0.717, 1.165) is 11.3 Å². The molecule has 7 nitrogen and oxygen atoms in total. The van der Waals surface area contributed by atoms with Crippen LogP contribution in [-0.2, 0) is 11.3 Å². The molecule has 188 valence electrons. The largest absolute Gasteiger partial charge is 0.368 e. The van der Waals surface area contributed by atoms with E-state index in [1.807, 2.05) is 24.3 Å². The average molecular weight is 530 g/mol. The van der Waals surface area contributed by atoms with Crippen molar-refractivity contribution in [3.63, 3.8) is 0 Å². The van der Waals surface area contributed by atoms with Crippen LogP contribution in [0.3, 0.4) is 0 Å². The van der Waals surface area contributed by atoms with Crippen LogP contribution in [0.2, 0.25) is 10.0 Å². The Hall–Kier alpha value is -3.33. The highest BCUT2D eigenvalue weighted by Gasteiger charge is 2.22. The van der Waals surface area contributed by atoms with Gasteiger partial charge in [0, 0.05) is 44.1 Å². The van der Waals surface area contributed by atoms with Gasteiger partial charge in [0.2, 0.25) is 5.91 Å². The number of hydrogen-bond acceptors (Lipinski definition) is 4. The van der Waals surface area contributed by atoms with Gasteiger partial charge in [0.15, 0.2) is 0 Å². The summed E-state index contributed by atoms with van der Waals surface area (Å²) >= 11 is 12.3. The Bertz CT molecular complexity index is 1180. The lowest BCUT2D eigenvalue weighted by molar-refractivity contribution is -0.115. The van der Waals surface area contributed by atoms with Crippen molar-refractivity contribution in [2.45, 2.75) is 6.54 Å². The predicted octanol–water partition coefficient (Wildman–Crippen LogP) is 5.21. The molecule has 0 radical (unpaired) electrons. The zero-order chi connectivity index (χ0) is 25.5. The molecule has 0 saturated carbocycles. The lowest BCUT2D eigenvalue weighted by Crippen LogP contribution is -2.50. The van der Waals surface area contributed by atoms with Gasteiger partial charge in [-0.2, -0.15) is 0 Å². The number of rotatable bonds is 7. The van der Waals surface area contributed by atoms with Crippen molar-refractivity contribution in [1.29, 1.82) is 0 Å². The number of carbonyl (C=O) groups excluding carboxylic acids is 2. The summed E-state index contributed by atoms with van der Waals surface area (Å²) in [5.74, 6) is -0.450. The fraction of sp³-hybridized carbons (Fsp3) is 0.231. The number of hydrogen-bond donors (Lipinski definition) is 3. The monoisotopic (exact) mass is 529 g/mol. The molecule has 1 aliphatic rings. The smallest absolute Gasteiger partial charge is 0.322 e. The van der Waals surface area contributed by atoms with E-state index >= 15 is 0 Å². The first-order valence-corrected chi connectivity index (χ1v) is 12.2. The van der Waals surface area contributed by atoms with Crippen molar-refractivity contribution in [2.24, 2.45) is 0 Å². The summed E-state index contributed by atoms with van der Waals surface area (Å²) in [4.78, 5) is 28.8. The molecule has 0 bridgehead atoms. The first-order chi connectivity index (χ1) is 17.4. The fourth-order valence-corrected chi connectivity index (χ4v) is 4.35. The lowest BCUT2D eigenvalue weighted by Gasteiger charge is -2.36. The molecular weight excluding hydrogens is 504 g/mol. The van der Waals surface area contributed by atoms with Gasteiger partial charge in [-0.1, -0.05) is 41.4 Å². The molecule has 3 N–H and O–H groups in total. The molecule has 0 unspecified atom stereocenters. The summed E-state index contributed by atoms with van der Waals surface area (Å²) in [5.41, 5.74) is 3.02. The molecule has 36 heavy (non-hydrogen) atoms. The SMILES string of the molecule is O=C(CNCc1ccc(F)cc1)Nc1ccc(N2CCN(C(=O)Nc3c(Cl)cccc3Cl)CC2)cc1. The van der Waals surface area contributed by atoms with E-state index in [-0.39, 0.29) is 24.3 Å². The Morgan fingerprint density at radius 2 is 1.47 bits per heavy atom. The zero-order valence-electron chi connectivity index (χ0n) is 19.4. The van der Waals surface area contributed by atoms with E-state index in [2.05, 4.69) is 20.9 Å². The lowest BCUT2D eigenvalue weighted by atomic mass is 10.2. The number of urea groups is 1. The molecule has 3 aromatic carbocycles. The van der Waals surface area contributed by atoms with E-state index in [1.165, 1.54) is 12.1 Å². The van der Waals surface area contributed by atoms with E-state index < -0.39 is 0 Å². The van der Waals surface area contributed by atoms with Crippen molar-refractivity contribution in [1.82, 2.24) is 10.2 Å². The predicted molar refractivity (Wildman–Crippen MR) is 142 cm³/mol. The molecule has 10 heteroatoms. The highest BCUT2D eigenvalue weighted by Crippen LogP contribution is 2.30. The topological polar surface area (TPSA) is 76.7 Å². The number of carbonyl (C=O) groups is 2. The van der Waals surface area contributed by atoms with Crippen LogP contribution < -0.4 is 20.9 Å². The van der Waals surface area contributed by atoms with Crippen LogP contribution in [0.25, 0.3) is 0 Å². The zero-order valence-corrected chi connectivity index (χ0v) is 21.0. The van der Waals surface area contributed by atoms with Crippen LogP contribution >= 0.6 is 23.2 Å². The van der Waals surface area contributed by atoms with E-state index in [9.17, 15) is 14.0 Å². The number of amides is 3. The molecule has 3 amide bonds. The maximum Gasteiger partial charge on any atom is 0.322 e. The number of anilines is 3. The van der Waals surface area contributed by atoms with Gasteiger partial charge in [0.1, 0.15) is 5.82 Å². The van der Waals surface area contributed by atoms with E-state index in [0.29, 0.717) is 54.1 Å². The Kier molecular flexibility index (Phi) is 8.64. The molecule has 1 saturated heterocycles. The number of nitrogens with one attached hydrogen (secondary N) is 3. The van der Waals surface area contributed by atoms with Crippen molar-refractivity contribution in [3.05, 3.63) is 88.2 Å². The number of nitrogens with zero attached hydrogens (tertiary/aromatic N) is 2. The Labute approximate surface area is 219 Å². The van der Waals surface area contributed by atoms with Crippen LogP contribution in [0.15, 0.2) is 66.7 Å². The van der Waals surface area contributed by atoms with Gasteiger partial charge in [-0.05, 0) is 54.1 Å². The molecule has 0 spiro atoms. The first kappa shape index (κ1) is 25.8. The van der Waals surface area contributed by atoms with E-state index in [1.54, 1.807) is 35.2 Å². The molecule has 0 aromatic heterocycles. The fourth-order valence-electron chi connectivity index (χ4n) is 3.85. The van der Waals surface area contributed by atoms with Gasteiger partial charge in [0.05, 0.1) is 22.3 Å². The number of halogens is 3. The summed E-state index contributed by atoms with van der Waals surface area (Å²) in [6.07, 6.45) is 0. The normalized spacial score (nSPS) is 13.4. The highest BCUT2D eigenvalue weighted by atomic mass is 35.5. The van der Waals surface area contributed by atoms with Crippen molar-refractivity contribution in [2.75, 3.05) is 48.3 Å². The number of benzene rings is 3. The summed E-state index contributed by atoms with van der Waals surface area (Å²) < 4.78 is 13.0. The molecule has 3 aromatic rings. The van der Waals surface area contributed by atoms with Gasteiger partial charge in [-0.15, -0.1) is 0 Å². The first-order valence-electron chi connectivity index (χ1n) is 11.5. The van der Waals surface area contributed by atoms with Gasteiger partial charge < -0.3 is 25.8 Å². The summed E-state index contributed by atoms with van der Waals surface area (Å²) in [7, 11) is 0. The third-order valence-corrected chi connectivity index (χ3v) is 6.44. The maximum atomic E-state index is 13.0. The third-order valence-electron chi connectivity index (χ3n) is 5.81. The Morgan fingerprint density at radius 1 is 0.833 bits per heavy atom. The number of para-hydroxylation sites is 1. The minimum Gasteiger partial charge on any atom is -0.368 e. The Morgan fingerprint density at radius 3 is 2.11 bits per heavy atom. The number of piperazine rings is 1. The van der Waals surface area contributed by atoms with Crippen molar-refractivity contribution < 1.29 is 14.0 Å². The molecule has 1 aliphatic heterocycles. The third kappa shape index (κ3) is 6.87. The summed E-state index contributed by atoms with van der Waals surface area (Å²) in [5, 5.41) is 9.49. The molecule has 1 heterocycles. The second-order valence-corrected chi connectivity index (χ2v) is 9.14. The van der Waals surface area contributed by atoms with Crippen LogP contribution in [0, 0.1) is 5.82 Å². The van der Waals surface area contributed by atoms with Gasteiger partial charge >= 0.3 is 6.03 Å². The minimum atomic E-state index is -0.286. The summed E-state index contributed by atoms with van der Waals surface area (Å²) in [6.45, 7) is 3.05. The molecule has 4 rings (SSSR count). The van der Waals surface area contributed by atoms with Gasteiger partial charge in [-0.3, -0.25) is 4.79 Å². The molecular formula is C26H26Cl2FN5O2. The Balaban J connectivity index is 1.21. The van der Waals surface area contributed by atoms with E-state index in [4.69, 9.17) is 23.2 Å². The van der Waals surface area contributed by atoms with Crippen LogP contribution in [0.5, 0.6) is 0 Å². The molecule has 0 aliphatic carbocycles. The minimum absolute atomic E-state index is 0.141. The quantitative estimate of drug-likeness (QED) is 0.392. The maximum absolute atomic E-state index is 13.0.